The molecule has 0 radical (unpaired) electrons. The SMILES string of the molecule is CC(=O)N(CCC(=O)N1CCN(c2ccccc2)CC1)CC1CCCO1. The van der Waals surface area contributed by atoms with Crippen LogP contribution in [0.1, 0.15) is 26.2 Å². The number of piperazine rings is 1. The fourth-order valence-electron chi connectivity index (χ4n) is 3.65. The number of carbonyl (C=O) groups is 2. The van der Waals surface area contributed by atoms with Crippen molar-refractivity contribution in [1.82, 2.24) is 9.80 Å². The number of hydrogen-bond donors (Lipinski definition) is 0. The van der Waals surface area contributed by atoms with Crippen LogP contribution < -0.4 is 4.90 Å². The summed E-state index contributed by atoms with van der Waals surface area (Å²) in [5.41, 5.74) is 1.21. The van der Waals surface area contributed by atoms with Crippen molar-refractivity contribution in [3.63, 3.8) is 0 Å². The normalized spacial score (nSPS) is 20.3. The Balaban J connectivity index is 1.43. The predicted octanol–water partition coefficient (Wildman–Crippen LogP) is 1.75. The molecule has 0 saturated carbocycles. The molecule has 0 bridgehead atoms. The van der Waals surface area contributed by atoms with Crippen molar-refractivity contribution in [3.05, 3.63) is 30.3 Å². The van der Waals surface area contributed by atoms with Crippen LogP contribution in [0.15, 0.2) is 30.3 Å². The maximum absolute atomic E-state index is 12.5. The topological polar surface area (TPSA) is 53.1 Å². The molecule has 0 spiro atoms. The third kappa shape index (κ3) is 4.97. The Hall–Kier alpha value is -2.08. The third-order valence-electron chi connectivity index (χ3n) is 5.24. The number of amides is 2. The van der Waals surface area contributed by atoms with Crippen LogP contribution in [-0.4, -0.2) is 73.6 Å². The molecule has 26 heavy (non-hydrogen) atoms. The molecule has 3 rings (SSSR count). The Morgan fingerprint density at radius 3 is 2.50 bits per heavy atom. The van der Waals surface area contributed by atoms with E-state index in [2.05, 4.69) is 17.0 Å². The quantitative estimate of drug-likeness (QED) is 0.777. The van der Waals surface area contributed by atoms with Crippen molar-refractivity contribution in [3.8, 4) is 0 Å². The smallest absolute Gasteiger partial charge is 0.224 e. The number of anilines is 1. The molecule has 1 aromatic carbocycles. The lowest BCUT2D eigenvalue weighted by Crippen LogP contribution is -2.49. The van der Waals surface area contributed by atoms with Gasteiger partial charge >= 0.3 is 0 Å². The minimum Gasteiger partial charge on any atom is -0.376 e. The average molecular weight is 359 g/mol. The molecule has 2 amide bonds. The first-order chi connectivity index (χ1) is 12.6. The number of rotatable bonds is 6. The summed E-state index contributed by atoms with van der Waals surface area (Å²) in [5, 5.41) is 0. The van der Waals surface area contributed by atoms with Gasteiger partial charge in [-0.2, -0.15) is 0 Å². The van der Waals surface area contributed by atoms with Crippen molar-refractivity contribution in [2.45, 2.75) is 32.3 Å². The maximum atomic E-state index is 12.5. The number of benzene rings is 1. The van der Waals surface area contributed by atoms with Crippen LogP contribution in [0, 0.1) is 0 Å². The highest BCUT2D eigenvalue weighted by atomic mass is 16.5. The second kappa shape index (κ2) is 9.03. The van der Waals surface area contributed by atoms with Crippen molar-refractivity contribution in [2.24, 2.45) is 0 Å². The van der Waals surface area contributed by atoms with E-state index in [1.165, 1.54) is 5.69 Å². The van der Waals surface area contributed by atoms with Crippen LogP contribution in [0.5, 0.6) is 0 Å². The lowest BCUT2D eigenvalue weighted by Gasteiger charge is -2.36. The summed E-state index contributed by atoms with van der Waals surface area (Å²) in [4.78, 5) is 30.4. The molecule has 6 nitrogen and oxygen atoms in total. The number of para-hydroxylation sites is 1. The highest BCUT2D eigenvalue weighted by molar-refractivity contribution is 5.78. The first-order valence-electron chi connectivity index (χ1n) is 9.58. The van der Waals surface area contributed by atoms with E-state index in [4.69, 9.17) is 4.74 Å². The summed E-state index contributed by atoms with van der Waals surface area (Å²) < 4.78 is 5.62. The zero-order chi connectivity index (χ0) is 18.4. The van der Waals surface area contributed by atoms with Gasteiger partial charge in [-0.15, -0.1) is 0 Å². The van der Waals surface area contributed by atoms with Crippen molar-refractivity contribution < 1.29 is 14.3 Å². The highest BCUT2D eigenvalue weighted by Crippen LogP contribution is 2.17. The Labute approximate surface area is 155 Å². The van der Waals surface area contributed by atoms with Gasteiger partial charge in [0.05, 0.1) is 6.10 Å². The minimum absolute atomic E-state index is 0.0159. The molecule has 6 heteroatoms. The van der Waals surface area contributed by atoms with Crippen LogP contribution in [0.2, 0.25) is 0 Å². The summed E-state index contributed by atoms with van der Waals surface area (Å²) >= 11 is 0. The van der Waals surface area contributed by atoms with Gasteiger partial charge < -0.3 is 19.4 Å². The van der Waals surface area contributed by atoms with Gasteiger partial charge in [0.25, 0.3) is 0 Å². The van der Waals surface area contributed by atoms with Gasteiger partial charge in [0.1, 0.15) is 0 Å². The summed E-state index contributed by atoms with van der Waals surface area (Å²) in [6, 6.07) is 10.3. The second-order valence-electron chi connectivity index (χ2n) is 7.05. The van der Waals surface area contributed by atoms with E-state index in [0.29, 0.717) is 19.5 Å². The minimum atomic E-state index is 0.0159. The van der Waals surface area contributed by atoms with Gasteiger partial charge in [0.2, 0.25) is 11.8 Å². The Kier molecular flexibility index (Phi) is 6.50. The second-order valence-corrected chi connectivity index (χ2v) is 7.05. The van der Waals surface area contributed by atoms with Crippen LogP contribution in [0.25, 0.3) is 0 Å². The molecule has 1 unspecified atom stereocenters. The molecule has 0 N–H and O–H groups in total. The first-order valence-corrected chi connectivity index (χ1v) is 9.58. The molecular formula is C20H29N3O3. The standard InChI is InChI=1S/C20H29N3O3/c1-17(24)23(16-19-8-5-15-26-19)10-9-20(25)22-13-11-21(12-14-22)18-6-3-2-4-7-18/h2-4,6-7,19H,5,8-16H2,1H3. The Morgan fingerprint density at radius 2 is 1.88 bits per heavy atom. The van der Waals surface area contributed by atoms with Gasteiger partial charge in [-0.25, -0.2) is 0 Å². The zero-order valence-electron chi connectivity index (χ0n) is 15.6. The fraction of sp³-hybridized carbons (Fsp3) is 0.600. The summed E-state index contributed by atoms with van der Waals surface area (Å²) in [7, 11) is 0. The molecule has 1 aromatic rings. The van der Waals surface area contributed by atoms with E-state index in [1.807, 2.05) is 23.1 Å². The van der Waals surface area contributed by atoms with Gasteiger partial charge in [0.15, 0.2) is 0 Å². The molecule has 0 aromatic heterocycles. The van der Waals surface area contributed by atoms with E-state index in [1.54, 1.807) is 11.8 Å². The van der Waals surface area contributed by atoms with Gasteiger partial charge in [-0.3, -0.25) is 9.59 Å². The van der Waals surface area contributed by atoms with Crippen molar-refractivity contribution in [1.29, 1.82) is 0 Å². The lowest BCUT2D eigenvalue weighted by molar-refractivity contribution is -0.134. The van der Waals surface area contributed by atoms with E-state index in [-0.39, 0.29) is 17.9 Å². The molecule has 0 aliphatic carbocycles. The van der Waals surface area contributed by atoms with Crippen LogP contribution >= 0.6 is 0 Å². The largest absolute Gasteiger partial charge is 0.376 e. The number of carbonyl (C=O) groups excluding carboxylic acids is 2. The van der Waals surface area contributed by atoms with E-state index < -0.39 is 0 Å². The van der Waals surface area contributed by atoms with Crippen LogP contribution in [-0.2, 0) is 14.3 Å². The van der Waals surface area contributed by atoms with Crippen LogP contribution in [0.4, 0.5) is 5.69 Å². The molecule has 2 saturated heterocycles. The predicted molar refractivity (Wildman–Crippen MR) is 101 cm³/mol. The maximum Gasteiger partial charge on any atom is 0.224 e. The van der Waals surface area contributed by atoms with Crippen LogP contribution in [0.3, 0.4) is 0 Å². The Bertz CT molecular complexity index is 594. The highest BCUT2D eigenvalue weighted by Gasteiger charge is 2.24. The molecule has 2 fully saturated rings. The van der Waals surface area contributed by atoms with Gasteiger partial charge in [-0.1, -0.05) is 18.2 Å². The first kappa shape index (κ1) is 18.7. The number of hydrogen-bond acceptors (Lipinski definition) is 4. The lowest BCUT2D eigenvalue weighted by atomic mass is 10.2. The van der Waals surface area contributed by atoms with E-state index >= 15 is 0 Å². The average Bonchev–Trinajstić information content (AvgIpc) is 3.18. The molecule has 2 aliphatic rings. The molecular weight excluding hydrogens is 330 g/mol. The number of ether oxygens (including phenoxy) is 1. The van der Waals surface area contributed by atoms with E-state index in [0.717, 1.165) is 45.6 Å². The van der Waals surface area contributed by atoms with Gasteiger partial charge in [0, 0.05) is 64.9 Å². The molecule has 2 aliphatic heterocycles. The molecule has 1 atom stereocenters. The molecule has 2 heterocycles. The van der Waals surface area contributed by atoms with Gasteiger partial charge in [-0.05, 0) is 25.0 Å². The summed E-state index contributed by atoms with van der Waals surface area (Å²) in [6.45, 7) is 6.60. The third-order valence-corrected chi connectivity index (χ3v) is 5.24. The summed E-state index contributed by atoms with van der Waals surface area (Å²) in [6.07, 6.45) is 2.57. The monoisotopic (exact) mass is 359 g/mol. The fourth-order valence-corrected chi connectivity index (χ4v) is 3.65. The zero-order valence-corrected chi connectivity index (χ0v) is 15.6. The van der Waals surface area contributed by atoms with Crippen molar-refractivity contribution >= 4 is 17.5 Å². The summed E-state index contributed by atoms with van der Waals surface area (Å²) in [5.74, 6) is 0.151. The number of nitrogens with zero attached hydrogens (tertiary/aromatic N) is 3. The Morgan fingerprint density at radius 1 is 1.15 bits per heavy atom. The molecule has 142 valence electrons. The van der Waals surface area contributed by atoms with Crippen molar-refractivity contribution in [2.75, 3.05) is 50.8 Å². The van der Waals surface area contributed by atoms with E-state index in [9.17, 15) is 9.59 Å².